The maximum absolute atomic E-state index is 11.0. The van der Waals surface area contributed by atoms with E-state index >= 15 is 0 Å². The number of carboxylic acids is 1. The molecular formula is C18H11Cl3NO3S-. The van der Waals surface area contributed by atoms with Crippen molar-refractivity contribution in [1.29, 1.82) is 0 Å². The third-order valence-electron chi connectivity index (χ3n) is 3.53. The molecule has 0 aliphatic rings. The van der Waals surface area contributed by atoms with Gasteiger partial charge in [0.1, 0.15) is 11.6 Å². The van der Waals surface area contributed by atoms with Gasteiger partial charge in [0, 0.05) is 10.6 Å². The highest BCUT2D eigenvalue weighted by Gasteiger charge is 2.11. The Morgan fingerprint density at radius 1 is 1.15 bits per heavy atom. The van der Waals surface area contributed by atoms with Gasteiger partial charge in [-0.25, -0.2) is 4.98 Å². The molecule has 1 heterocycles. The van der Waals surface area contributed by atoms with Crippen molar-refractivity contribution < 1.29 is 14.6 Å². The lowest BCUT2D eigenvalue weighted by molar-refractivity contribution is -0.254. The lowest BCUT2D eigenvalue weighted by Gasteiger charge is -2.10. The van der Waals surface area contributed by atoms with Gasteiger partial charge >= 0.3 is 0 Å². The number of aromatic carboxylic acids is 1. The highest BCUT2D eigenvalue weighted by Crippen LogP contribution is 2.36. The zero-order chi connectivity index (χ0) is 18.8. The number of hydrogen-bond donors (Lipinski definition) is 0. The van der Waals surface area contributed by atoms with Gasteiger partial charge in [-0.3, -0.25) is 0 Å². The van der Waals surface area contributed by atoms with E-state index in [0.717, 1.165) is 22.5 Å². The molecule has 2 aromatic carbocycles. The number of nitrogens with zero attached hydrogens (tertiary/aromatic N) is 1. The van der Waals surface area contributed by atoms with Crippen molar-refractivity contribution in [3.63, 3.8) is 0 Å². The van der Waals surface area contributed by atoms with E-state index < -0.39 is 5.97 Å². The van der Waals surface area contributed by atoms with E-state index in [-0.39, 0.29) is 11.5 Å². The number of carbonyl (C=O) groups is 1. The zero-order valence-electron chi connectivity index (χ0n) is 13.4. The average Bonchev–Trinajstić information content (AvgIpc) is 2.96. The minimum Gasteiger partial charge on any atom is -0.544 e. The molecule has 0 saturated heterocycles. The summed E-state index contributed by atoms with van der Waals surface area (Å²) in [6.07, 6.45) is 0. The summed E-state index contributed by atoms with van der Waals surface area (Å²) in [6, 6.07) is 10.5. The first kappa shape index (κ1) is 19.0. The van der Waals surface area contributed by atoms with Gasteiger partial charge in [0.15, 0.2) is 5.75 Å². The zero-order valence-corrected chi connectivity index (χ0v) is 16.5. The van der Waals surface area contributed by atoms with E-state index in [1.807, 2.05) is 24.3 Å². The summed E-state index contributed by atoms with van der Waals surface area (Å²) in [6.45, 7) is 1.91. The van der Waals surface area contributed by atoms with Gasteiger partial charge in [0.25, 0.3) is 0 Å². The number of aromatic nitrogens is 1. The van der Waals surface area contributed by atoms with Crippen LogP contribution in [0.15, 0.2) is 36.4 Å². The predicted octanol–water partition coefficient (Wildman–Crippen LogP) is 5.02. The summed E-state index contributed by atoms with van der Waals surface area (Å²) in [5, 5.41) is 12.8. The summed E-state index contributed by atoms with van der Waals surface area (Å²) in [5.41, 5.74) is 2.16. The fraction of sp³-hybridized carbons (Fsp3) is 0.111. The van der Waals surface area contributed by atoms with Crippen molar-refractivity contribution in [3.8, 4) is 16.3 Å². The fourth-order valence-electron chi connectivity index (χ4n) is 2.28. The molecule has 3 rings (SSSR count). The van der Waals surface area contributed by atoms with E-state index in [2.05, 4.69) is 4.98 Å². The monoisotopic (exact) mass is 426 g/mol. The molecule has 0 unspecified atom stereocenters. The normalized spacial score (nSPS) is 10.8. The second kappa shape index (κ2) is 7.84. The number of carbonyl (C=O) groups excluding carboxylic acids is 1. The molecule has 4 nitrogen and oxygen atoms in total. The number of aryl methyl sites for hydroxylation is 1. The molecule has 26 heavy (non-hydrogen) atoms. The van der Waals surface area contributed by atoms with Crippen molar-refractivity contribution in [3.05, 3.63) is 67.6 Å². The Morgan fingerprint density at radius 2 is 1.77 bits per heavy atom. The second-order valence-electron chi connectivity index (χ2n) is 5.41. The molecule has 0 N–H and O–H groups in total. The topological polar surface area (TPSA) is 62.2 Å². The summed E-state index contributed by atoms with van der Waals surface area (Å²) >= 11 is 19.2. The second-order valence-corrected chi connectivity index (χ2v) is 7.66. The molecule has 0 amide bonds. The van der Waals surface area contributed by atoms with Crippen LogP contribution < -0.4 is 9.84 Å². The molecule has 0 atom stereocenters. The fourth-order valence-corrected chi connectivity index (χ4v) is 4.11. The van der Waals surface area contributed by atoms with E-state index in [1.54, 1.807) is 19.1 Å². The van der Waals surface area contributed by atoms with Crippen LogP contribution in [-0.4, -0.2) is 11.0 Å². The van der Waals surface area contributed by atoms with Crippen LogP contribution in [0.25, 0.3) is 10.6 Å². The van der Waals surface area contributed by atoms with Gasteiger partial charge in [-0.2, -0.15) is 0 Å². The van der Waals surface area contributed by atoms with Gasteiger partial charge in [-0.1, -0.05) is 59.1 Å². The van der Waals surface area contributed by atoms with Crippen molar-refractivity contribution in [2.24, 2.45) is 0 Å². The Kier molecular flexibility index (Phi) is 5.73. The first-order valence-electron chi connectivity index (χ1n) is 7.40. The lowest BCUT2D eigenvalue weighted by atomic mass is 10.1. The largest absolute Gasteiger partial charge is 0.544 e. The van der Waals surface area contributed by atoms with E-state index in [1.165, 1.54) is 0 Å². The molecule has 0 aliphatic heterocycles. The highest BCUT2D eigenvalue weighted by molar-refractivity contribution is 7.17. The molecule has 0 bridgehead atoms. The van der Waals surface area contributed by atoms with Gasteiger partial charge < -0.3 is 14.6 Å². The van der Waals surface area contributed by atoms with Crippen LogP contribution in [0, 0.1) is 6.92 Å². The molecule has 1 aromatic heterocycles. The molecule has 0 spiro atoms. The average molecular weight is 428 g/mol. The number of ether oxygens (including phenoxy) is 1. The van der Waals surface area contributed by atoms with Gasteiger partial charge in [-0.05, 0) is 24.6 Å². The van der Waals surface area contributed by atoms with Crippen molar-refractivity contribution >= 4 is 52.1 Å². The number of thiazole rings is 1. The van der Waals surface area contributed by atoms with Crippen LogP contribution in [0.3, 0.4) is 0 Å². The Labute approximate surface area is 168 Å². The smallest absolute Gasteiger partial charge is 0.157 e. The maximum Gasteiger partial charge on any atom is 0.157 e. The molecule has 134 valence electrons. The summed E-state index contributed by atoms with van der Waals surface area (Å²) in [7, 11) is 0. The molecule has 0 saturated carbocycles. The molecule has 0 radical (unpaired) electrons. The Hall–Kier alpha value is -1.79. The Bertz CT molecular complexity index is 947. The minimum atomic E-state index is -1.21. The Balaban J connectivity index is 1.74. The van der Waals surface area contributed by atoms with Crippen LogP contribution in [0.1, 0.15) is 20.9 Å². The van der Waals surface area contributed by atoms with Crippen LogP contribution in [0.5, 0.6) is 5.75 Å². The van der Waals surface area contributed by atoms with E-state index in [4.69, 9.17) is 39.5 Å². The lowest BCUT2D eigenvalue weighted by Crippen LogP contribution is -2.21. The van der Waals surface area contributed by atoms with E-state index in [9.17, 15) is 9.90 Å². The van der Waals surface area contributed by atoms with Crippen LogP contribution in [-0.2, 0) is 6.61 Å². The first-order chi connectivity index (χ1) is 12.3. The summed E-state index contributed by atoms with van der Waals surface area (Å²) in [4.78, 5) is 15.4. The molecule has 0 fully saturated rings. The van der Waals surface area contributed by atoms with Crippen LogP contribution in [0.4, 0.5) is 0 Å². The number of hydrogen-bond acceptors (Lipinski definition) is 5. The van der Waals surface area contributed by atoms with Crippen molar-refractivity contribution in [2.45, 2.75) is 13.5 Å². The third kappa shape index (κ3) is 4.13. The summed E-state index contributed by atoms with van der Waals surface area (Å²) in [5.74, 6) is -0.844. The van der Waals surface area contributed by atoms with Crippen molar-refractivity contribution in [2.75, 3.05) is 0 Å². The first-order valence-corrected chi connectivity index (χ1v) is 9.35. The molecule has 0 aliphatic carbocycles. The standard InChI is InChI=1S/C18H12Cl3NO3S/c1-9-16(18(23)24)26-17(22-9)11-4-2-10(3-5-11)8-25-15-13(20)6-12(19)7-14(15)21/h2-7H,8H2,1H3,(H,23,24)/p-1. The number of carboxylic acid groups (broad SMARTS) is 1. The maximum atomic E-state index is 11.0. The van der Waals surface area contributed by atoms with Gasteiger partial charge in [0.2, 0.25) is 0 Å². The SMILES string of the molecule is Cc1nc(-c2ccc(COc3c(Cl)cc(Cl)cc3Cl)cc2)sc1C(=O)[O-]. The number of rotatable bonds is 5. The predicted molar refractivity (Wildman–Crippen MR) is 102 cm³/mol. The number of halogens is 3. The minimum absolute atomic E-state index is 0.138. The molecular weight excluding hydrogens is 417 g/mol. The molecule has 3 aromatic rings. The Morgan fingerprint density at radius 3 is 2.31 bits per heavy atom. The highest BCUT2D eigenvalue weighted by atomic mass is 35.5. The van der Waals surface area contributed by atoms with Crippen LogP contribution in [0.2, 0.25) is 15.1 Å². The van der Waals surface area contributed by atoms with Crippen molar-refractivity contribution in [1.82, 2.24) is 4.98 Å². The van der Waals surface area contributed by atoms with E-state index in [0.29, 0.717) is 31.5 Å². The van der Waals surface area contributed by atoms with Gasteiger partial charge in [-0.15, -0.1) is 11.3 Å². The van der Waals surface area contributed by atoms with Crippen LogP contribution >= 0.6 is 46.1 Å². The third-order valence-corrected chi connectivity index (χ3v) is 5.50. The number of benzene rings is 2. The van der Waals surface area contributed by atoms with Gasteiger partial charge in [0.05, 0.1) is 26.6 Å². The summed E-state index contributed by atoms with van der Waals surface area (Å²) < 4.78 is 5.69. The molecule has 8 heteroatoms. The quantitative estimate of drug-likeness (QED) is 0.573.